The van der Waals surface area contributed by atoms with Gasteiger partial charge in [-0.2, -0.15) is 0 Å². The van der Waals surface area contributed by atoms with E-state index in [1.807, 2.05) is 0 Å². The summed E-state index contributed by atoms with van der Waals surface area (Å²) < 4.78 is 19.4. The van der Waals surface area contributed by atoms with Gasteiger partial charge in [-0.05, 0) is 39.0 Å². The van der Waals surface area contributed by atoms with E-state index in [9.17, 15) is 14.0 Å². The van der Waals surface area contributed by atoms with Crippen LogP contribution >= 0.6 is 27.3 Å². The van der Waals surface area contributed by atoms with Crippen molar-refractivity contribution >= 4 is 44.8 Å². The fraction of sp³-hybridized carbons (Fsp3) is 0.267. The molecule has 0 saturated carbocycles. The Bertz CT molecular complexity index is 763. The van der Waals surface area contributed by atoms with Gasteiger partial charge in [0.1, 0.15) is 10.7 Å². The lowest BCUT2D eigenvalue weighted by Crippen LogP contribution is -2.30. The average molecular weight is 401 g/mol. The summed E-state index contributed by atoms with van der Waals surface area (Å²) in [5, 5.41) is 3.13. The number of carbonyl (C=O) groups excluding carboxylic acids is 2. The summed E-state index contributed by atoms with van der Waals surface area (Å²) in [4.78, 5) is 28.6. The van der Waals surface area contributed by atoms with Gasteiger partial charge in [0.05, 0.1) is 16.4 Å². The molecule has 0 bridgehead atoms. The predicted molar refractivity (Wildman–Crippen MR) is 89.2 cm³/mol. The minimum absolute atomic E-state index is 0.0194. The van der Waals surface area contributed by atoms with E-state index in [1.54, 1.807) is 19.9 Å². The summed E-state index contributed by atoms with van der Waals surface area (Å²) >= 11 is 4.33. The summed E-state index contributed by atoms with van der Waals surface area (Å²) in [5.41, 5.74) is 0.579. The molecule has 0 radical (unpaired) electrons. The molecular weight excluding hydrogens is 387 g/mol. The second-order valence-electron chi connectivity index (χ2n) is 4.81. The molecule has 0 aliphatic carbocycles. The molecule has 1 aromatic heterocycles. The highest BCUT2D eigenvalue weighted by molar-refractivity contribution is 9.10. The summed E-state index contributed by atoms with van der Waals surface area (Å²) in [6, 6.07) is 4.25. The van der Waals surface area contributed by atoms with E-state index >= 15 is 0 Å². The van der Waals surface area contributed by atoms with Gasteiger partial charge in [-0.25, -0.2) is 14.2 Å². The number of nitrogens with zero attached hydrogens (tertiary/aromatic N) is 1. The van der Waals surface area contributed by atoms with Crippen LogP contribution in [0.1, 0.15) is 27.3 Å². The van der Waals surface area contributed by atoms with Crippen LogP contribution in [0.15, 0.2) is 22.7 Å². The van der Waals surface area contributed by atoms with E-state index in [1.165, 1.54) is 30.4 Å². The molecule has 1 aromatic carbocycles. The van der Waals surface area contributed by atoms with Crippen LogP contribution in [0.3, 0.4) is 0 Å². The summed E-state index contributed by atoms with van der Waals surface area (Å²) in [5.74, 6) is -1.81. The Morgan fingerprint density at radius 1 is 1.39 bits per heavy atom. The van der Waals surface area contributed by atoms with Crippen LogP contribution in [0, 0.1) is 19.7 Å². The fourth-order valence-corrected chi connectivity index (χ4v) is 2.95. The third-order valence-electron chi connectivity index (χ3n) is 2.93. The number of hydrogen-bond acceptors (Lipinski definition) is 5. The topological polar surface area (TPSA) is 68.3 Å². The van der Waals surface area contributed by atoms with Crippen LogP contribution < -0.4 is 5.32 Å². The number of aromatic nitrogens is 1. The highest BCUT2D eigenvalue weighted by atomic mass is 79.9. The first-order valence-corrected chi connectivity index (χ1v) is 8.30. The SMILES string of the molecule is Cc1nc(C)c(C(=O)O[C@@H](C)C(=O)Nc2ccc(Br)cc2F)s1. The zero-order chi connectivity index (χ0) is 17.1. The van der Waals surface area contributed by atoms with E-state index in [2.05, 4.69) is 26.2 Å². The molecule has 1 heterocycles. The lowest BCUT2D eigenvalue weighted by Gasteiger charge is -2.13. The maximum atomic E-state index is 13.7. The van der Waals surface area contributed by atoms with E-state index in [-0.39, 0.29) is 5.69 Å². The first-order chi connectivity index (χ1) is 10.8. The molecule has 0 saturated heterocycles. The van der Waals surface area contributed by atoms with Gasteiger partial charge in [0, 0.05) is 4.47 Å². The maximum absolute atomic E-state index is 13.7. The third kappa shape index (κ3) is 4.35. The van der Waals surface area contributed by atoms with Crippen LogP contribution in [0.5, 0.6) is 0 Å². The average Bonchev–Trinajstić information content (AvgIpc) is 2.80. The first kappa shape index (κ1) is 17.6. The van der Waals surface area contributed by atoms with Crippen LogP contribution in [0.4, 0.5) is 10.1 Å². The number of carbonyl (C=O) groups is 2. The molecule has 0 unspecified atom stereocenters. The number of ether oxygens (including phenoxy) is 1. The molecule has 1 N–H and O–H groups in total. The van der Waals surface area contributed by atoms with Gasteiger partial charge in [-0.3, -0.25) is 4.79 Å². The summed E-state index contributed by atoms with van der Waals surface area (Å²) in [6.45, 7) is 4.90. The number of amides is 1. The zero-order valence-electron chi connectivity index (χ0n) is 12.6. The molecule has 1 atom stereocenters. The van der Waals surface area contributed by atoms with Gasteiger partial charge < -0.3 is 10.1 Å². The Labute approximate surface area is 145 Å². The number of rotatable bonds is 4. The quantitative estimate of drug-likeness (QED) is 0.791. The fourth-order valence-electron chi connectivity index (χ4n) is 1.81. The predicted octanol–water partition coefficient (Wildman–Crippen LogP) is 3.85. The Morgan fingerprint density at radius 3 is 2.65 bits per heavy atom. The number of esters is 1. The van der Waals surface area contributed by atoms with Crippen molar-refractivity contribution in [3.8, 4) is 0 Å². The Kier molecular flexibility index (Phi) is 5.48. The molecule has 5 nitrogen and oxygen atoms in total. The standard InChI is InChI=1S/C15H14BrFN2O3S/c1-7-13(23-9(3)18-7)15(21)22-8(2)14(20)19-12-5-4-10(16)6-11(12)17/h4-6,8H,1-3H3,(H,19,20)/t8-/m0/s1. The molecule has 2 rings (SSSR count). The van der Waals surface area contributed by atoms with Crippen LogP contribution in [-0.2, 0) is 9.53 Å². The third-order valence-corrected chi connectivity index (χ3v) is 4.48. The lowest BCUT2D eigenvalue weighted by atomic mass is 10.3. The first-order valence-electron chi connectivity index (χ1n) is 6.69. The van der Waals surface area contributed by atoms with E-state index < -0.39 is 23.8 Å². The molecule has 0 aliphatic heterocycles. The van der Waals surface area contributed by atoms with Gasteiger partial charge in [-0.1, -0.05) is 15.9 Å². The smallest absolute Gasteiger partial charge is 0.351 e. The summed E-state index contributed by atoms with van der Waals surface area (Å²) in [6.07, 6.45) is -1.06. The van der Waals surface area contributed by atoms with Crippen LogP contribution in [-0.4, -0.2) is 23.0 Å². The number of hydrogen-bond donors (Lipinski definition) is 1. The normalized spacial score (nSPS) is 11.9. The molecule has 122 valence electrons. The van der Waals surface area contributed by atoms with Gasteiger partial charge in [0.15, 0.2) is 6.10 Å². The van der Waals surface area contributed by atoms with Crippen molar-refractivity contribution in [3.05, 3.63) is 44.1 Å². The van der Waals surface area contributed by atoms with Crippen molar-refractivity contribution in [2.24, 2.45) is 0 Å². The van der Waals surface area contributed by atoms with Crippen LogP contribution in [0.2, 0.25) is 0 Å². The van der Waals surface area contributed by atoms with Crippen molar-refractivity contribution in [1.29, 1.82) is 0 Å². The molecule has 1 amide bonds. The highest BCUT2D eigenvalue weighted by Gasteiger charge is 2.22. The number of nitrogens with one attached hydrogen (secondary N) is 1. The number of aryl methyl sites for hydroxylation is 2. The van der Waals surface area contributed by atoms with E-state index in [0.717, 1.165) is 5.01 Å². The highest BCUT2D eigenvalue weighted by Crippen LogP contribution is 2.21. The monoisotopic (exact) mass is 400 g/mol. The zero-order valence-corrected chi connectivity index (χ0v) is 15.0. The molecule has 8 heteroatoms. The number of halogens is 2. The molecular formula is C15H14BrFN2O3S. The Balaban J connectivity index is 2.02. The second kappa shape index (κ2) is 7.18. The minimum Gasteiger partial charge on any atom is -0.448 e. The van der Waals surface area contributed by atoms with E-state index in [0.29, 0.717) is 15.0 Å². The van der Waals surface area contributed by atoms with Crippen molar-refractivity contribution in [2.75, 3.05) is 5.32 Å². The summed E-state index contributed by atoms with van der Waals surface area (Å²) in [7, 11) is 0. The van der Waals surface area contributed by atoms with E-state index in [4.69, 9.17) is 4.74 Å². The molecule has 23 heavy (non-hydrogen) atoms. The van der Waals surface area contributed by atoms with Crippen molar-refractivity contribution in [2.45, 2.75) is 26.9 Å². The Morgan fingerprint density at radius 2 is 2.09 bits per heavy atom. The van der Waals surface area contributed by atoms with Gasteiger partial charge in [-0.15, -0.1) is 11.3 Å². The van der Waals surface area contributed by atoms with Gasteiger partial charge in [0.2, 0.25) is 0 Å². The molecule has 0 spiro atoms. The van der Waals surface area contributed by atoms with Gasteiger partial charge >= 0.3 is 5.97 Å². The molecule has 2 aromatic rings. The molecule has 0 fully saturated rings. The van der Waals surface area contributed by atoms with Crippen LogP contribution in [0.25, 0.3) is 0 Å². The number of thiazole rings is 1. The van der Waals surface area contributed by atoms with Crippen molar-refractivity contribution < 1.29 is 18.7 Å². The number of anilines is 1. The minimum atomic E-state index is -1.06. The maximum Gasteiger partial charge on any atom is 0.351 e. The Hall–Kier alpha value is -1.80. The number of benzene rings is 1. The lowest BCUT2D eigenvalue weighted by molar-refractivity contribution is -0.123. The molecule has 0 aliphatic rings. The van der Waals surface area contributed by atoms with Gasteiger partial charge in [0.25, 0.3) is 5.91 Å². The second-order valence-corrected chi connectivity index (χ2v) is 6.93. The largest absolute Gasteiger partial charge is 0.448 e. The van der Waals surface area contributed by atoms with Crippen molar-refractivity contribution in [1.82, 2.24) is 4.98 Å². The van der Waals surface area contributed by atoms with Crippen molar-refractivity contribution in [3.63, 3.8) is 0 Å².